The molecule has 2 rings (SSSR count). The van der Waals surface area contributed by atoms with Crippen molar-refractivity contribution in [1.29, 1.82) is 0 Å². The maximum absolute atomic E-state index is 12.8. The molecule has 3 N–H and O–H groups in total. The molecule has 112 valence electrons. The summed E-state index contributed by atoms with van der Waals surface area (Å²) in [6.07, 6.45) is -0.765. The summed E-state index contributed by atoms with van der Waals surface area (Å²) in [6, 6.07) is 7.37. The minimum Gasteiger partial charge on any atom is -0.389 e. The highest BCUT2D eigenvalue weighted by atomic mass is 19.1. The van der Waals surface area contributed by atoms with Gasteiger partial charge in [-0.05, 0) is 30.3 Å². The van der Waals surface area contributed by atoms with Crippen LogP contribution in [-0.4, -0.2) is 47.6 Å². The predicted molar refractivity (Wildman–Crippen MR) is 74.2 cm³/mol. The van der Waals surface area contributed by atoms with Crippen LogP contribution >= 0.6 is 0 Å². The Bertz CT molecular complexity index is 598. The van der Waals surface area contributed by atoms with Gasteiger partial charge in [-0.3, -0.25) is 9.89 Å². The van der Waals surface area contributed by atoms with Crippen molar-refractivity contribution >= 4 is 5.91 Å². The Morgan fingerprint density at radius 2 is 2.19 bits per heavy atom. The van der Waals surface area contributed by atoms with E-state index in [1.165, 1.54) is 19.2 Å². The molecule has 1 heterocycles. The first-order valence-electron chi connectivity index (χ1n) is 6.36. The minimum atomic E-state index is -0.765. The van der Waals surface area contributed by atoms with Crippen molar-refractivity contribution in [1.82, 2.24) is 15.5 Å². The molecule has 1 aromatic carbocycles. The maximum atomic E-state index is 12.8. The summed E-state index contributed by atoms with van der Waals surface area (Å²) in [5.41, 5.74) is 1.50. The number of carbonyl (C=O) groups excluding carboxylic acids is 1. The van der Waals surface area contributed by atoms with Gasteiger partial charge in [-0.1, -0.05) is 0 Å². The van der Waals surface area contributed by atoms with Crippen LogP contribution in [-0.2, 0) is 4.74 Å². The highest BCUT2D eigenvalue weighted by Crippen LogP contribution is 2.17. The summed E-state index contributed by atoms with van der Waals surface area (Å²) in [5.74, 6) is -0.717. The van der Waals surface area contributed by atoms with Gasteiger partial charge < -0.3 is 15.2 Å². The average molecular weight is 293 g/mol. The maximum Gasteiger partial charge on any atom is 0.269 e. The molecule has 0 spiro atoms. The minimum absolute atomic E-state index is 0.0809. The van der Waals surface area contributed by atoms with Gasteiger partial charge in [-0.15, -0.1) is 0 Å². The van der Waals surface area contributed by atoms with Crippen molar-refractivity contribution in [3.8, 4) is 11.3 Å². The number of hydrogen-bond donors (Lipinski definition) is 3. The number of aliphatic hydroxyl groups is 1. The first-order valence-corrected chi connectivity index (χ1v) is 6.36. The molecular weight excluding hydrogens is 277 g/mol. The number of ether oxygens (including phenoxy) is 1. The molecule has 0 fully saturated rings. The lowest BCUT2D eigenvalue weighted by Crippen LogP contribution is -2.34. The van der Waals surface area contributed by atoms with Crippen LogP contribution in [0.3, 0.4) is 0 Å². The number of aliphatic hydroxyl groups excluding tert-OH is 1. The topological polar surface area (TPSA) is 87.2 Å². The number of halogens is 1. The van der Waals surface area contributed by atoms with Gasteiger partial charge in [0.15, 0.2) is 0 Å². The normalized spacial score (nSPS) is 12.1. The quantitative estimate of drug-likeness (QED) is 0.740. The molecule has 0 bridgehead atoms. The van der Waals surface area contributed by atoms with E-state index in [9.17, 15) is 14.3 Å². The van der Waals surface area contributed by atoms with Crippen LogP contribution < -0.4 is 5.32 Å². The third-order valence-electron chi connectivity index (χ3n) is 2.82. The summed E-state index contributed by atoms with van der Waals surface area (Å²) >= 11 is 0. The molecule has 1 amide bonds. The summed E-state index contributed by atoms with van der Waals surface area (Å²) < 4.78 is 17.6. The van der Waals surface area contributed by atoms with Crippen LogP contribution in [0.25, 0.3) is 11.3 Å². The van der Waals surface area contributed by atoms with E-state index in [2.05, 4.69) is 15.5 Å². The number of nitrogens with zero attached hydrogens (tertiary/aromatic N) is 1. The van der Waals surface area contributed by atoms with Gasteiger partial charge in [0.05, 0.1) is 18.4 Å². The van der Waals surface area contributed by atoms with Crippen molar-refractivity contribution in [3.63, 3.8) is 0 Å². The van der Waals surface area contributed by atoms with Crippen molar-refractivity contribution in [2.75, 3.05) is 20.3 Å². The molecule has 1 unspecified atom stereocenters. The van der Waals surface area contributed by atoms with E-state index < -0.39 is 6.10 Å². The van der Waals surface area contributed by atoms with Crippen LogP contribution in [0.5, 0.6) is 0 Å². The third-order valence-corrected chi connectivity index (χ3v) is 2.82. The summed E-state index contributed by atoms with van der Waals surface area (Å²) in [4.78, 5) is 11.9. The van der Waals surface area contributed by atoms with Crippen molar-refractivity contribution in [2.24, 2.45) is 0 Å². The molecule has 7 heteroatoms. The SMILES string of the molecule is COCC(O)CNC(=O)c1cc(-c2ccc(F)cc2)n[nH]1. The largest absolute Gasteiger partial charge is 0.389 e. The molecule has 0 aliphatic heterocycles. The smallest absolute Gasteiger partial charge is 0.269 e. The first-order chi connectivity index (χ1) is 10.1. The van der Waals surface area contributed by atoms with E-state index in [0.29, 0.717) is 11.3 Å². The van der Waals surface area contributed by atoms with Gasteiger partial charge in [-0.25, -0.2) is 4.39 Å². The summed E-state index contributed by atoms with van der Waals surface area (Å²) in [5, 5.41) is 18.6. The van der Waals surface area contributed by atoms with Gasteiger partial charge >= 0.3 is 0 Å². The number of carbonyl (C=O) groups is 1. The van der Waals surface area contributed by atoms with E-state index in [-0.39, 0.29) is 30.6 Å². The Labute approximate surface area is 120 Å². The number of H-pyrrole nitrogens is 1. The molecule has 2 aromatic rings. The predicted octanol–water partition coefficient (Wildman–Crippen LogP) is 0.953. The lowest BCUT2D eigenvalue weighted by molar-refractivity contribution is 0.0608. The lowest BCUT2D eigenvalue weighted by atomic mass is 10.1. The molecule has 0 aliphatic carbocycles. The monoisotopic (exact) mass is 293 g/mol. The van der Waals surface area contributed by atoms with Crippen molar-refractivity contribution in [3.05, 3.63) is 41.8 Å². The fourth-order valence-electron chi connectivity index (χ4n) is 1.76. The Hall–Kier alpha value is -2.25. The Morgan fingerprint density at radius 3 is 2.86 bits per heavy atom. The molecule has 21 heavy (non-hydrogen) atoms. The first kappa shape index (κ1) is 15.1. The van der Waals surface area contributed by atoms with E-state index in [4.69, 9.17) is 4.74 Å². The molecule has 0 radical (unpaired) electrons. The molecule has 0 aliphatic rings. The van der Waals surface area contributed by atoms with Gasteiger partial charge in [-0.2, -0.15) is 5.10 Å². The van der Waals surface area contributed by atoms with Gasteiger partial charge in [0, 0.05) is 19.2 Å². The number of benzene rings is 1. The molecule has 0 saturated heterocycles. The fraction of sp³-hybridized carbons (Fsp3) is 0.286. The van der Waals surface area contributed by atoms with Gasteiger partial charge in [0.1, 0.15) is 11.5 Å². The second-order valence-electron chi connectivity index (χ2n) is 4.49. The second-order valence-corrected chi connectivity index (χ2v) is 4.49. The number of nitrogens with one attached hydrogen (secondary N) is 2. The van der Waals surface area contributed by atoms with Crippen molar-refractivity contribution < 1.29 is 19.0 Å². The molecule has 1 atom stereocenters. The molecule has 6 nitrogen and oxygen atoms in total. The number of rotatable bonds is 6. The lowest BCUT2D eigenvalue weighted by Gasteiger charge is -2.09. The standard InChI is InChI=1S/C14H16FN3O3/c1-21-8-11(19)7-16-14(20)13-6-12(17-18-13)9-2-4-10(15)5-3-9/h2-6,11,19H,7-8H2,1H3,(H,16,20)(H,17,18). The Morgan fingerprint density at radius 1 is 1.48 bits per heavy atom. The van der Waals surface area contributed by atoms with Crippen LogP contribution in [0.15, 0.2) is 30.3 Å². The molecule has 1 aromatic heterocycles. The van der Waals surface area contributed by atoms with Crippen molar-refractivity contribution in [2.45, 2.75) is 6.10 Å². The Kier molecular flexibility index (Phi) is 5.02. The highest BCUT2D eigenvalue weighted by Gasteiger charge is 2.12. The zero-order chi connectivity index (χ0) is 15.2. The molecular formula is C14H16FN3O3. The third kappa shape index (κ3) is 4.11. The van der Waals surface area contributed by atoms with Crippen LogP contribution in [0.2, 0.25) is 0 Å². The Balaban J connectivity index is 1.99. The number of aromatic amines is 1. The number of methoxy groups -OCH3 is 1. The van der Waals surface area contributed by atoms with Crippen LogP contribution in [0.1, 0.15) is 10.5 Å². The number of amides is 1. The molecule has 0 saturated carbocycles. The highest BCUT2D eigenvalue weighted by molar-refractivity contribution is 5.93. The number of aromatic nitrogens is 2. The van der Waals surface area contributed by atoms with Crippen LogP contribution in [0.4, 0.5) is 4.39 Å². The second kappa shape index (κ2) is 6.96. The summed E-state index contributed by atoms with van der Waals surface area (Å²) in [7, 11) is 1.47. The zero-order valence-corrected chi connectivity index (χ0v) is 11.5. The van der Waals surface area contributed by atoms with E-state index >= 15 is 0 Å². The average Bonchev–Trinajstić information content (AvgIpc) is 2.96. The van der Waals surface area contributed by atoms with Gasteiger partial charge in [0.2, 0.25) is 0 Å². The summed E-state index contributed by atoms with van der Waals surface area (Å²) in [6.45, 7) is 0.224. The fourth-order valence-corrected chi connectivity index (χ4v) is 1.76. The van der Waals surface area contributed by atoms with Gasteiger partial charge in [0.25, 0.3) is 5.91 Å². The number of hydrogen-bond acceptors (Lipinski definition) is 4. The van der Waals surface area contributed by atoms with E-state index in [1.54, 1.807) is 18.2 Å². The van der Waals surface area contributed by atoms with E-state index in [0.717, 1.165) is 0 Å². The van der Waals surface area contributed by atoms with E-state index in [1.807, 2.05) is 0 Å². The zero-order valence-electron chi connectivity index (χ0n) is 11.5. The van der Waals surface area contributed by atoms with Crippen LogP contribution in [0, 0.1) is 5.82 Å².